The van der Waals surface area contributed by atoms with Crippen molar-refractivity contribution in [3.05, 3.63) is 53.8 Å². The number of hydrogen-bond donors (Lipinski definition) is 2. The molecule has 0 saturated heterocycles. The largest absolute Gasteiger partial charge is 0.484 e. The lowest BCUT2D eigenvalue weighted by Gasteiger charge is -2.09. The van der Waals surface area contributed by atoms with Crippen molar-refractivity contribution in [3.8, 4) is 5.75 Å². The first-order valence-corrected chi connectivity index (χ1v) is 6.09. The predicted molar refractivity (Wildman–Crippen MR) is 76.1 cm³/mol. The van der Waals surface area contributed by atoms with Gasteiger partial charge in [-0.1, -0.05) is 12.1 Å². The summed E-state index contributed by atoms with van der Waals surface area (Å²) in [4.78, 5) is 11.7. The first-order valence-electron chi connectivity index (χ1n) is 6.09. The Morgan fingerprint density at radius 1 is 1.30 bits per heavy atom. The van der Waals surface area contributed by atoms with Crippen LogP contribution in [0.5, 0.6) is 5.75 Å². The summed E-state index contributed by atoms with van der Waals surface area (Å²) in [6.07, 6.45) is 0. The number of nitrogens with two attached hydrogens (primary N) is 1. The van der Waals surface area contributed by atoms with Crippen LogP contribution in [-0.2, 0) is 4.79 Å². The maximum atomic E-state index is 13.1. The zero-order valence-corrected chi connectivity index (χ0v) is 11.0. The van der Waals surface area contributed by atoms with Gasteiger partial charge in [-0.05, 0) is 42.8 Å². The van der Waals surface area contributed by atoms with Crippen molar-refractivity contribution < 1.29 is 13.9 Å². The molecule has 0 heterocycles. The maximum absolute atomic E-state index is 13.1. The Morgan fingerprint density at radius 3 is 2.85 bits per heavy atom. The van der Waals surface area contributed by atoms with Gasteiger partial charge in [0, 0.05) is 0 Å². The van der Waals surface area contributed by atoms with E-state index < -0.39 is 11.7 Å². The molecule has 0 fully saturated rings. The molecule has 0 aliphatic carbocycles. The van der Waals surface area contributed by atoms with E-state index in [0.29, 0.717) is 11.4 Å². The molecule has 0 unspecified atom stereocenters. The fourth-order valence-electron chi connectivity index (χ4n) is 1.68. The monoisotopic (exact) mass is 274 g/mol. The number of ether oxygens (including phenoxy) is 1. The van der Waals surface area contributed by atoms with Crippen LogP contribution < -0.4 is 15.8 Å². The number of benzene rings is 2. The number of amides is 1. The summed E-state index contributed by atoms with van der Waals surface area (Å²) in [5, 5.41) is 2.51. The highest BCUT2D eigenvalue weighted by Crippen LogP contribution is 2.19. The fourth-order valence-corrected chi connectivity index (χ4v) is 1.68. The van der Waals surface area contributed by atoms with Crippen molar-refractivity contribution in [2.24, 2.45) is 0 Å². The van der Waals surface area contributed by atoms with E-state index in [1.165, 1.54) is 18.2 Å². The number of hydrogen-bond acceptors (Lipinski definition) is 3. The molecule has 1 amide bonds. The molecule has 20 heavy (non-hydrogen) atoms. The van der Waals surface area contributed by atoms with Gasteiger partial charge in [-0.2, -0.15) is 0 Å². The smallest absolute Gasteiger partial charge is 0.262 e. The molecule has 2 aromatic carbocycles. The highest BCUT2D eigenvalue weighted by molar-refractivity contribution is 5.94. The lowest BCUT2D eigenvalue weighted by atomic mass is 10.2. The van der Waals surface area contributed by atoms with E-state index in [2.05, 4.69) is 5.32 Å². The predicted octanol–water partition coefficient (Wildman–Crippen LogP) is 2.73. The van der Waals surface area contributed by atoms with Crippen LogP contribution in [0.15, 0.2) is 42.5 Å². The summed E-state index contributed by atoms with van der Waals surface area (Å²) < 4.78 is 18.4. The Balaban J connectivity index is 1.94. The van der Waals surface area contributed by atoms with Gasteiger partial charge in [-0.25, -0.2) is 4.39 Å². The molecule has 0 atom stereocenters. The lowest BCUT2D eigenvalue weighted by molar-refractivity contribution is -0.118. The molecule has 0 aliphatic rings. The highest BCUT2D eigenvalue weighted by Gasteiger charge is 2.07. The number of carbonyl (C=O) groups excluding carboxylic acids is 1. The quantitative estimate of drug-likeness (QED) is 0.842. The summed E-state index contributed by atoms with van der Waals surface area (Å²) in [6, 6.07) is 11.1. The van der Waals surface area contributed by atoms with Crippen LogP contribution in [0.4, 0.5) is 15.8 Å². The van der Waals surface area contributed by atoms with Gasteiger partial charge in [0.05, 0.1) is 11.4 Å². The number of nitrogen functional groups attached to an aromatic ring is 1. The third-order valence-corrected chi connectivity index (χ3v) is 2.65. The second kappa shape index (κ2) is 6.06. The van der Waals surface area contributed by atoms with E-state index in [0.717, 1.165) is 5.56 Å². The van der Waals surface area contributed by atoms with Gasteiger partial charge in [0.2, 0.25) is 0 Å². The molecule has 3 N–H and O–H groups in total. The van der Waals surface area contributed by atoms with Gasteiger partial charge in [-0.15, -0.1) is 0 Å². The minimum Gasteiger partial charge on any atom is -0.484 e. The van der Waals surface area contributed by atoms with E-state index in [9.17, 15) is 9.18 Å². The van der Waals surface area contributed by atoms with Gasteiger partial charge in [-0.3, -0.25) is 4.79 Å². The normalized spacial score (nSPS) is 10.1. The molecule has 0 aromatic heterocycles. The first kappa shape index (κ1) is 13.9. The Morgan fingerprint density at radius 2 is 2.10 bits per heavy atom. The van der Waals surface area contributed by atoms with Crippen LogP contribution in [0, 0.1) is 12.7 Å². The van der Waals surface area contributed by atoms with Crippen LogP contribution in [0.2, 0.25) is 0 Å². The average molecular weight is 274 g/mol. The number of aryl methyl sites for hydroxylation is 1. The van der Waals surface area contributed by atoms with Crippen molar-refractivity contribution in [1.82, 2.24) is 0 Å². The third-order valence-electron chi connectivity index (χ3n) is 2.65. The molecule has 2 rings (SSSR count). The second-order valence-corrected chi connectivity index (χ2v) is 4.38. The number of anilines is 2. The molecular formula is C15H15FN2O2. The average Bonchev–Trinajstić information content (AvgIpc) is 2.41. The molecule has 2 aromatic rings. The zero-order chi connectivity index (χ0) is 14.5. The molecule has 0 bridgehead atoms. The van der Waals surface area contributed by atoms with E-state index in [-0.39, 0.29) is 12.3 Å². The molecular weight excluding hydrogens is 259 g/mol. The van der Waals surface area contributed by atoms with Gasteiger partial charge in [0.25, 0.3) is 5.91 Å². The van der Waals surface area contributed by atoms with Crippen LogP contribution in [0.3, 0.4) is 0 Å². The Hall–Kier alpha value is -2.56. The number of rotatable bonds is 4. The summed E-state index contributed by atoms with van der Waals surface area (Å²) in [7, 11) is 0. The van der Waals surface area contributed by atoms with E-state index in [1.807, 2.05) is 25.1 Å². The van der Waals surface area contributed by atoms with E-state index >= 15 is 0 Å². The third kappa shape index (κ3) is 3.71. The first-order chi connectivity index (χ1) is 9.54. The van der Waals surface area contributed by atoms with Gasteiger partial charge < -0.3 is 15.8 Å². The topological polar surface area (TPSA) is 64.3 Å². The zero-order valence-electron chi connectivity index (χ0n) is 11.0. The van der Waals surface area contributed by atoms with Gasteiger partial charge in [0.15, 0.2) is 6.61 Å². The Bertz CT molecular complexity index is 629. The van der Waals surface area contributed by atoms with Crippen molar-refractivity contribution in [2.75, 3.05) is 17.7 Å². The summed E-state index contributed by atoms with van der Waals surface area (Å²) in [5.41, 5.74) is 7.22. The molecule has 0 saturated carbocycles. The fraction of sp³-hybridized carbons (Fsp3) is 0.133. The number of halogens is 1. The standard InChI is InChI=1S/C15H15FN2O2/c1-10-3-2-4-12(7-10)20-9-15(19)18-14-8-11(16)5-6-13(14)17/h2-8H,9,17H2,1H3,(H,18,19). The van der Waals surface area contributed by atoms with E-state index in [4.69, 9.17) is 10.5 Å². The van der Waals surface area contributed by atoms with Crippen molar-refractivity contribution in [2.45, 2.75) is 6.92 Å². The minimum absolute atomic E-state index is 0.167. The molecule has 0 spiro atoms. The van der Waals surface area contributed by atoms with Crippen molar-refractivity contribution >= 4 is 17.3 Å². The summed E-state index contributed by atoms with van der Waals surface area (Å²) >= 11 is 0. The maximum Gasteiger partial charge on any atom is 0.262 e. The van der Waals surface area contributed by atoms with Crippen LogP contribution in [-0.4, -0.2) is 12.5 Å². The van der Waals surface area contributed by atoms with Crippen molar-refractivity contribution in [3.63, 3.8) is 0 Å². The summed E-state index contributed by atoms with van der Waals surface area (Å²) in [5.74, 6) is -0.259. The second-order valence-electron chi connectivity index (χ2n) is 4.38. The van der Waals surface area contributed by atoms with Crippen molar-refractivity contribution in [1.29, 1.82) is 0 Å². The lowest BCUT2D eigenvalue weighted by Crippen LogP contribution is -2.20. The Labute approximate surface area is 116 Å². The van der Waals surface area contributed by atoms with Gasteiger partial charge >= 0.3 is 0 Å². The molecule has 4 nitrogen and oxygen atoms in total. The van der Waals surface area contributed by atoms with E-state index in [1.54, 1.807) is 6.07 Å². The van der Waals surface area contributed by atoms with Gasteiger partial charge in [0.1, 0.15) is 11.6 Å². The SMILES string of the molecule is Cc1cccc(OCC(=O)Nc2cc(F)ccc2N)c1. The number of carbonyl (C=O) groups is 1. The highest BCUT2D eigenvalue weighted by atomic mass is 19.1. The van der Waals surface area contributed by atoms with Crippen LogP contribution >= 0.6 is 0 Å². The van der Waals surface area contributed by atoms with Crippen LogP contribution in [0.25, 0.3) is 0 Å². The molecule has 0 aliphatic heterocycles. The molecule has 104 valence electrons. The molecule has 0 radical (unpaired) electrons. The molecule has 5 heteroatoms. The number of nitrogens with one attached hydrogen (secondary N) is 1. The van der Waals surface area contributed by atoms with Crippen LogP contribution in [0.1, 0.15) is 5.56 Å². The minimum atomic E-state index is -0.464. The summed E-state index contributed by atoms with van der Waals surface area (Å²) in [6.45, 7) is 1.76. The Kier molecular flexibility index (Phi) is 4.20.